The Bertz CT molecular complexity index is 692. The van der Waals surface area contributed by atoms with Crippen molar-refractivity contribution in [3.05, 3.63) is 59.7 Å². The average Bonchev–Trinajstić information content (AvgIpc) is 2.61. The Labute approximate surface area is 140 Å². The van der Waals surface area contributed by atoms with Crippen molar-refractivity contribution in [3.63, 3.8) is 0 Å². The van der Waals surface area contributed by atoms with Gasteiger partial charge in [0.15, 0.2) is 0 Å². The van der Waals surface area contributed by atoms with E-state index in [9.17, 15) is 14.7 Å². The maximum atomic E-state index is 12.2. The largest absolute Gasteiger partial charge is 0.496 e. The Balaban J connectivity index is 2.24. The predicted octanol–water partition coefficient (Wildman–Crippen LogP) is 2.13. The second-order valence-electron chi connectivity index (χ2n) is 5.08. The van der Waals surface area contributed by atoms with Crippen LogP contribution < -0.4 is 14.8 Å². The van der Waals surface area contributed by atoms with E-state index in [1.165, 1.54) is 14.2 Å². The summed E-state index contributed by atoms with van der Waals surface area (Å²) in [6, 6.07) is 12.5. The highest BCUT2D eigenvalue weighted by atomic mass is 16.5. The van der Waals surface area contributed by atoms with Gasteiger partial charge in [-0.1, -0.05) is 24.3 Å². The first kappa shape index (κ1) is 17.3. The molecule has 0 saturated carbocycles. The van der Waals surface area contributed by atoms with Crippen molar-refractivity contribution in [2.24, 2.45) is 0 Å². The average molecular weight is 329 g/mol. The van der Waals surface area contributed by atoms with Crippen LogP contribution in [0.5, 0.6) is 11.5 Å². The molecule has 0 aliphatic rings. The number of benzene rings is 2. The van der Waals surface area contributed by atoms with E-state index in [-0.39, 0.29) is 6.42 Å². The fourth-order valence-corrected chi connectivity index (χ4v) is 2.36. The number of carboxylic acids is 1. The second kappa shape index (κ2) is 8.01. The summed E-state index contributed by atoms with van der Waals surface area (Å²) in [6.45, 7) is 0. The molecule has 2 N–H and O–H groups in total. The van der Waals surface area contributed by atoms with E-state index < -0.39 is 17.9 Å². The predicted molar refractivity (Wildman–Crippen MR) is 88.6 cm³/mol. The number of carbonyl (C=O) groups excluding carboxylic acids is 1. The van der Waals surface area contributed by atoms with E-state index in [4.69, 9.17) is 9.47 Å². The van der Waals surface area contributed by atoms with Gasteiger partial charge in [0.1, 0.15) is 17.5 Å². The molecule has 2 aromatic rings. The minimum absolute atomic E-state index is 0.0428. The SMILES string of the molecule is COc1cccc(OC)c1C[C@@H](NC(=O)c1ccccc1)C(=O)O. The summed E-state index contributed by atoms with van der Waals surface area (Å²) in [6.07, 6.45) is 0.0428. The zero-order valence-corrected chi connectivity index (χ0v) is 13.5. The number of carbonyl (C=O) groups is 2. The molecule has 1 atom stereocenters. The highest BCUT2D eigenvalue weighted by molar-refractivity contribution is 5.96. The molecule has 2 rings (SSSR count). The van der Waals surface area contributed by atoms with Gasteiger partial charge in [0.25, 0.3) is 5.91 Å². The lowest BCUT2D eigenvalue weighted by atomic mass is 10.0. The van der Waals surface area contributed by atoms with Gasteiger partial charge in [0, 0.05) is 17.5 Å². The standard InChI is InChI=1S/C18H19NO5/c1-23-15-9-6-10-16(24-2)13(15)11-14(18(21)22)19-17(20)12-7-4-3-5-8-12/h3-10,14H,11H2,1-2H3,(H,19,20)(H,21,22)/t14-/m1/s1. The van der Waals surface area contributed by atoms with Crippen molar-refractivity contribution in [2.75, 3.05) is 14.2 Å². The number of rotatable bonds is 7. The Morgan fingerprint density at radius 3 is 2.08 bits per heavy atom. The van der Waals surface area contributed by atoms with Crippen LogP contribution in [0.4, 0.5) is 0 Å². The number of nitrogens with one attached hydrogen (secondary N) is 1. The van der Waals surface area contributed by atoms with Gasteiger partial charge in [0.2, 0.25) is 0 Å². The van der Waals surface area contributed by atoms with E-state index in [1.54, 1.807) is 48.5 Å². The van der Waals surface area contributed by atoms with Crippen LogP contribution in [0, 0.1) is 0 Å². The number of methoxy groups -OCH3 is 2. The Hall–Kier alpha value is -3.02. The first-order valence-corrected chi connectivity index (χ1v) is 7.35. The highest BCUT2D eigenvalue weighted by Gasteiger charge is 2.24. The molecule has 0 aliphatic carbocycles. The molecular formula is C18H19NO5. The third-order valence-corrected chi connectivity index (χ3v) is 3.58. The molecule has 1 amide bonds. The first-order chi connectivity index (χ1) is 11.6. The van der Waals surface area contributed by atoms with E-state index in [0.717, 1.165) is 0 Å². The van der Waals surface area contributed by atoms with Crippen molar-refractivity contribution in [1.82, 2.24) is 5.32 Å². The van der Waals surface area contributed by atoms with Crippen molar-refractivity contribution >= 4 is 11.9 Å². The van der Waals surface area contributed by atoms with E-state index in [0.29, 0.717) is 22.6 Å². The van der Waals surface area contributed by atoms with Gasteiger partial charge in [-0.05, 0) is 24.3 Å². The molecule has 0 spiro atoms. The molecule has 6 nitrogen and oxygen atoms in total. The van der Waals surface area contributed by atoms with Gasteiger partial charge in [-0.25, -0.2) is 4.79 Å². The van der Waals surface area contributed by atoms with Gasteiger partial charge >= 0.3 is 5.97 Å². The van der Waals surface area contributed by atoms with E-state index in [1.807, 2.05) is 0 Å². The third kappa shape index (κ3) is 4.04. The van der Waals surface area contributed by atoms with Crippen molar-refractivity contribution in [2.45, 2.75) is 12.5 Å². The molecule has 0 aromatic heterocycles. The molecule has 0 bridgehead atoms. The topological polar surface area (TPSA) is 84.9 Å². The van der Waals surface area contributed by atoms with Crippen LogP contribution in [0.1, 0.15) is 15.9 Å². The van der Waals surface area contributed by atoms with Gasteiger partial charge in [-0.15, -0.1) is 0 Å². The number of carboxylic acid groups (broad SMARTS) is 1. The van der Waals surface area contributed by atoms with Crippen LogP contribution in [0.3, 0.4) is 0 Å². The normalized spacial score (nSPS) is 11.4. The molecule has 0 heterocycles. The maximum Gasteiger partial charge on any atom is 0.326 e. The molecule has 0 saturated heterocycles. The third-order valence-electron chi connectivity index (χ3n) is 3.58. The quantitative estimate of drug-likeness (QED) is 0.813. The number of amides is 1. The lowest BCUT2D eigenvalue weighted by molar-refractivity contribution is -0.139. The molecule has 126 valence electrons. The maximum absolute atomic E-state index is 12.2. The fraction of sp³-hybridized carbons (Fsp3) is 0.222. The van der Waals surface area contributed by atoms with E-state index in [2.05, 4.69) is 5.32 Å². The molecule has 24 heavy (non-hydrogen) atoms. The number of aliphatic carboxylic acids is 1. The van der Waals surface area contributed by atoms with Gasteiger partial charge in [-0.2, -0.15) is 0 Å². The molecule has 6 heteroatoms. The van der Waals surface area contributed by atoms with Crippen LogP contribution in [-0.4, -0.2) is 37.2 Å². The Kier molecular flexibility index (Phi) is 5.78. The van der Waals surface area contributed by atoms with Gasteiger partial charge in [0.05, 0.1) is 14.2 Å². The molecule has 0 aliphatic heterocycles. The highest BCUT2D eigenvalue weighted by Crippen LogP contribution is 2.29. The van der Waals surface area contributed by atoms with Crippen molar-refractivity contribution in [3.8, 4) is 11.5 Å². The first-order valence-electron chi connectivity index (χ1n) is 7.35. The smallest absolute Gasteiger partial charge is 0.326 e. The molecule has 0 fully saturated rings. The lowest BCUT2D eigenvalue weighted by Gasteiger charge is -2.18. The van der Waals surface area contributed by atoms with Crippen molar-refractivity contribution < 1.29 is 24.2 Å². The van der Waals surface area contributed by atoms with Gasteiger partial charge < -0.3 is 19.9 Å². The summed E-state index contributed by atoms with van der Waals surface area (Å²) < 4.78 is 10.5. The lowest BCUT2D eigenvalue weighted by Crippen LogP contribution is -2.42. The van der Waals surface area contributed by atoms with Crippen LogP contribution in [0.2, 0.25) is 0 Å². The molecular weight excluding hydrogens is 310 g/mol. The number of hydrogen-bond donors (Lipinski definition) is 2. The summed E-state index contributed by atoms with van der Waals surface area (Å²) in [5.74, 6) is -0.562. The number of ether oxygens (including phenoxy) is 2. The minimum atomic E-state index is -1.13. The Morgan fingerprint density at radius 1 is 1.00 bits per heavy atom. The Morgan fingerprint density at radius 2 is 1.58 bits per heavy atom. The summed E-state index contributed by atoms with van der Waals surface area (Å²) >= 11 is 0. The molecule has 0 radical (unpaired) electrons. The summed E-state index contributed by atoms with van der Waals surface area (Å²) in [7, 11) is 2.99. The minimum Gasteiger partial charge on any atom is -0.496 e. The molecule has 0 unspecified atom stereocenters. The van der Waals surface area contributed by atoms with Crippen molar-refractivity contribution in [1.29, 1.82) is 0 Å². The van der Waals surface area contributed by atoms with Crippen LogP contribution in [0.15, 0.2) is 48.5 Å². The van der Waals surface area contributed by atoms with E-state index >= 15 is 0 Å². The van der Waals surface area contributed by atoms with Crippen LogP contribution >= 0.6 is 0 Å². The van der Waals surface area contributed by atoms with Gasteiger partial charge in [-0.3, -0.25) is 4.79 Å². The zero-order valence-electron chi connectivity index (χ0n) is 13.5. The second-order valence-corrected chi connectivity index (χ2v) is 5.08. The fourth-order valence-electron chi connectivity index (χ4n) is 2.36. The summed E-state index contributed by atoms with van der Waals surface area (Å²) in [5.41, 5.74) is 0.985. The zero-order chi connectivity index (χ0) is 17.5. The summed E-state index contributed by atoms with van der Waals surface area (Å²) in [4.78, 5) is 23.8. The monoisotopic (exact) mass is 329 g/mol. The summed E-state index contributed by atoms with van der Waals surface area (Å²) in [5, 5.41) is 12.0. The number of hydrogen-bond acceptors (Lipinski definition) is 4. The molecule has 2 aromatic carbocycles. The van der Waals surface area contributed by atoms with Crippen LogP contribution in [-0.2, 0) is 11.2 Å². The van der Waals surface area contributed by atoms with Crippen LogP contribution in [0.25, 0.3) is 0 Å².